The number of aryl methyl sites for hydroxylation is 1. The zero-order valence-corrected chi connectivity index (χ0v) is 16.7. The molecule has 1 aromatic carbocycles. The number of hydrogen-bond donors (Lipinski definition) is 2. The largest absolute Gasteiger partial charge is 0.441 e. The van der Waals surface area contributed by atoms with Crippen molar-refractivity contribution in [1.29, 1.82) is 0 Å². The van der Waals surface area contributed by atoms with Gasteiger partial charge in [0.1, 0.15) is 11.1 Å². The normalized spacial score (nSPS) is 28.9. The summed E-state index contributed by atoms with van der Waals surface area (Å²) in [5, 5.41) is 2.97. The highest BCUT2D eigenvalue weighted by molar-refractivity contribution is 6.01. The van der Waals surface area contributed by atoms with E-state index in [4.69, 9.17) is 14.9 Å². The second-order valence-corrected chi connectivity index (χ2v) is 7.50. The number of carbonyl (C=O) groups is 1. The van der Waals surface area contributed by atoms with E-state index in [0.717, 1.165) is 25.0 Å². The Morgan fingerprint density at radius 2 is 2.08 bits per heavy atom. The molecule has 1 aromatic heterocycles. The fraction of sp³-hybridized carbons (Fsp3) is 0.556. The van der Waals surface area contributed by atoms with E-state index in [1.165, 1.54) is 0 Å². The number of halogens is 2. The lowest BCUT2D eigenvalue weighted by atomic mass is 9.46. The molecule has 2 heterocycles. The summed E-state index contributed by atoms with van der Waals surface area (Å²) in [5.41, 5.74) is 7.41. The molecule has 0 radical (unpaired) electrons. The molecule has 4 rings (SSSR count). The first-order valence-corrected chi connectivity index (χ1v) is 8.43. The molecule has 3 unspecified atom stereocenters. The maximum absolute atomic E-state index is 13.0. The van der Waals surface area contributed by atoms with Crippen molar-refractivity contribution in [3.63, 3.8) is 0 Å². The lowest BCUT2D eigenvalue weighted by Crippen LogP contribution is -2.81. The van der Waals surface area contributed by atoms with Gasteiger partial charge >= 0.3 is 0 Å². The standard InChI is InChI=1S/C18H23N3O3.2ClH/c1-10-20-13-9-11(6-7-14(13)24-10)21-16(22)18(19)12-5-4-8-23-15(12)17(18,2)3;;/h6-7,9,12,15H,4-5,8,19H2,1-3H3,(H,21,22);2*1H. The van der Waals surface area contributed by atoms with E-state index in [2.05, 4.69) is 10.3 Å². The molecule has 1 aliphatic heterocycles. The Kier molecular flexibility index (Phi) is 5.64. The predicted molar refractivity (Wildman–Crippen MR) is 105 cm³/mol. The molecule has 3 atom stereocenters. The molecule has 0 bridgehead atoms. The Bertz CT molecular complexity index is 823. The van der Waals surface area contributed by atoms with Crippen molar-refractivity contribution in [2.24, 2.45) is 17.1 Å². The number of amides is 1. The molecule has 2 aliphatic rings. The number of oxazole rings is 1. The Hall–Kier alpha value is -1.34. The van der Waals surface area contributed by atoms with Crippen molar-refractivity contribution >= 4 is 47.5 Å². The van der Waals surface area contributed by atoms with Crippen LogP contribution in [0, 0.1) is 18.3 Å². The van der Waals surface area contributed by atoms with Crippen molar-refractivity contribution in [3.05, 3.63) is 24.1 Å². The van der Waals surface area contributed by atoms with Gasteiger partial charge in [-0.15, -0.1) is 24.8 Å². The number of nitrogens with zero attached hydrogens (tertiary/aromatic N) is 1. The molecule has 1 saturated heterocycles. The summed E-state index contributed by atoms with van der Waals surface area (Å²) in [5.74, 6) is 0.518. The van der Waals surface area contributed by atoms with Gasteiger partial charge in [0.15, 0.2) is 11.5 Å². The van der Waals surface area contributed by atoms with Gasteiger partial charge in [-0.25, -0.2) is 4.98 Å². The van der Waals surface area contributed by atoms with Crippen LogP contribution in [0.25, 0.3) is 11.1 Å². The summed E-state index contributed by atoms with van der Waals surface area (Å²) >= 11 is 0. The minimum atomic E-state index is -0.924. The maximum Gasteiger partial charge on any atom is 0.245 e. The van der Waals surface area contributed by atoms with Crippen LogP contribution in [0.4, 0.5) is 5.69 Å². The molecule has 8 heteroatoms. The Morgan fingerprint density at radius 1 is 1.35 bits per heavy atom. The van der Waals surface area contributed by atoms with E-state index in [1.54, 1.807) is 6.92 Å². The second-order valence-electron chi connectivity index (χ2n) is 7.50. The molecular weight excluding hydrogens is 377 g/mol. The van der Waals surface area contributed by atoms with Crippen molar-refractivity contribution in [2.75, 3.05) is 11.9 Å². The third-order valence-electron chi connectivity index (χ3n) is 5.81. The number of nitrogens with one attached hydrogen (secondary N) is 1. The number of aromatic nitrogens is 1. The first-order chi connectivity index (χ1) is 11.3. The molecular formula is C18H25Cl2N3O3. The fourth-order valence-electron chi connectivity index (χ4n) is 4.39. The molecule has 26 heavy (non-hydrogen) atoms. The average Bonchev–Trinajstić information content (AvgIpc) is 2.93. The number of anilines is 1. The first-order valence-electron chi connectivity index (χ1n) is 8.43. The van der Waals surface area contributed by atoms with E-state index in [9.17, 15) is 4.79 Å². The molecule has 1 saturated carbocycles. The minimum Gasteiger partial charge on any atom is -0.441 e. The zero-order chi connectivity index (χ0) is 17.1. The van der Waals surface area contributed by atoms with Crippen LogP contribution in [0.15, 0.2) is 22.6 Å². The van der Waals surface area contributed by atoms with Gasteiger partial charge in [0, 0.05) is 30.6 Å². The van der Waals surface area contributed by atoms with Gasteiger partial charge < -0.3 is 20.2 Å². The molecule has 144 valence electrons. The van der Waals surface area contributed by atoms with Crippen LogP contribution in [0.3, 0.4) is 0 Å². The van der Waals surface area contributed by atoms with Gasteiger partial charge in [-0.3, -0.25) is 4.79 Å². The van der Waals surface area contributed by atoms with Crippen LogP contribution in [-0.4, -0.2) is 29.1 Å². The highest BCUT2D eigenvalue weighted by Gasteiger charge is 2.70. The highest BCUT2D eigenvalue weighted by atomic mass is 35.5. The third kappa shape index (κ3) is 2.80. The van der Waals surface area contributed by atoms with Crippen LogP contribution in [0.2, 0.25) is 0 Å². The lowest BCUT2D eigenvalue weighted by molar-refractivity contribution is -0.222. The van der Waals surface area contributed by atoms with Gasteiger partial charge in [-0.1, -0.05) is 13.8 Å². The summed E-state index contributed by atoms with van der Waals surface area (Å²) in [6.07, 6.45) is 1.94. The number of rotatable bonds is 2. The van der Waals surface area contributed by atoms with E-state index < -0.39 is 11.0 Å². The quantitative estimate of drug-likeness (QED) is 0.803. The Balaban J connectivity index is 0.00000121. The van der Waals surface area contributed by atoms with E-state index in [1.807, 2.05) is 32.0 Å². The monoisotopic (exact) mass is 401 g/mol. The van der Waals surface area contributed by atoms with E-state index in [0.29, 0.717) is 17.2 Å². The van der Waals surface area contributed by atoms with Gasteiger partial charge in [0.25, 0.3) is 0 Å². The van der Waals surface area contributed by atoms with Gasteiger partial charge in [0.2, 0.25) is 5.91 Å². The minimum absolute atomic E-state index is 0. The molecule has 3 N–H and O–H groups in total. The molecule has 1 aliphatic carbocycles. The number of ether oxygens (including phenoxy) is 1. The van der Waals surface area contributed by atoms with Gasteiger partial charge in [-0.05, 0) is 31.0 Å². The number of fused-ring (bicyclic) bond motifs is 2. The molecule has 0 spiro atoms. The highest BCUT2D eigenvalue weighted by Crippen LogP contribution is 2.57. The lowest BCUT2D eigenvalue weighted by Gasteiger charge is -2.65. The van der Waals surface area contributed by atoms with Crippen LogP contribution in [0.1, 0.15) is 32.6 Å². The van der Waals surface area contributed by atoms with Crippen LogP contribution in [0.5, 0.6) is 0 Å². The van der Waals surface area contributed by atoms with E-state index >= 15 is 0 Å². The topological polar surface area (TPSA) is 90.4 Å². The van der Waals surface area contributed by atoms with Crippen molar-refractivity contribution in [1.82, 2.24) is 4.98 Å². The predicted octanol–water partition coefficient (Wildman–Crippen LogP) is 3.45. The molecule has 2 aromatic rings. The Labute approximate surface area is 165 Å². The first kappa shape index (κ1) is 21.0. The summed E-state index contributed by atoms with van der Waals surface area (Å²) < 4.78 is 11.3. The molecule has 1 amide bonds. The average molecular weight is 402 g/mol. The van der Waals surface area contributed by atoms with Crippen LogP contribution in [-0.2, 0) is 9.53 Å². The van der Waals surface area contributed by atoms with Crippen molar-refractivity contribution in [2.45, 2.75) is 45.3 Å². The number of carbonyl (C=O) groups excluding carboxylic acids is 1. The summed E-state index contributed by atoms with van der Waals surface area (Å²) in [6.45, 7) is 6.59. The second kappa shape index (κ2) is 7.00. The molecule has 2 fully saturated rings. The zero-order valence-electron chi connectivity index (χ0n) is 15.1. The van der Waals surface area contributed by atoms with Gasteiger partial charge in [0.05, 0.1) is 6.10 Å². The van der Waals surface area contributed by atoms with Gasteiger partial charge in [-0.2, -0.15) is 0 Å². The van der Waals surface area contributed by atoms with E-state index in [-0.39, 0.29) is 42.7 Å². The summed E-state index contributed by atoms with van der Waals surface area (Å²) in [7, 11) is 0. The third-order valence-corrected chi connectivity index (χ3v) is 5.81. The summed E-state index contributed by atoms with van der Waals surface area (Å²) in [4.78, 5) is 17.3. The van der Waals surface area contributed by atoms with Crippen molar-refractivity contribution in [3.8, 4) is 0 Å². The SMILES string of the molecule is Cc1nc2cc(NC(=O)C3(N)C4CCCOC4C3(C)C)ccc2o1.Cl.Cl. The number of nitrogens with two attached hydrogens (primary N) is 1. The maximum atomic E-state index is 13.0. The fourth-order valence-corrected chi connectivity index (χ4v) is 4.39. The Morgan fingerprint density at radius 3 is 2.81 bits per heavy atom. The molecule has 6 nitrogen and oxygen atoms in total. The number of benzene rings is 1. The summed E-state index contributed by atoms with van der Waals surface area (Å²) in [6, 6.07) is 5.44. The van der Waals surface area contributed by atoms with Crippen LogP contribution >= 0.6 is 24.8 Å². The van der Waals surface area contributed by atoms with Crippen LogP contribution < -0.4 is 11.1 Å². The smallest absolute Gasteiger partial charge is 0.245 e. The van der Waals surface area contributed by atoms with Crippen molar-refractivity contribution < 1.29 is 13.9 Å². The number of hydrogen-bond acceptors (Lipinski definition) is 5.